The largest absolute Gasteiger partial charge is 0.465 e. The van der Waals surface area contributed by atoms with Crippen LogP contribution >= 0.6 is 15.9 Å². The van der Waals surface area contributed by atoms with E-state index in [0.717, 1.165) is 0 Å². The van der Waals surface area contributed by atoms with Crippen LogP contribution in [0.1, 0.15) is 6.92 Å². The van der Waals surface area contributed by atoms with Crippen LogP contribution in [0.3, 0.4) is 0 Å². The van der Waals surface area contributed by atoms with E-state index < -0.39 is 0 Å². The smallest absolute Gasteiger partial charge is 0.302 e. The maximum Gasteiger partial charge on any atom is 0.302 e. The fourth-order valence-electron chi connectivity index (χ4n) is 0.182. The molecule has 0 atom stereocenters. The van der Waals surface area contributed by atoms with E-state index in [9.17, 15) is 4.79 Å². The summed E-state index contributed by atoms with van der Waals surface area (Å²) in [6, 6.07) is 0. The molecule has 0 aliphatic heterocycles. The van der Waals surface area contributed by atoms with Gasteiger partial charge in [0, 0.05) is 29.3 Å². The first-order valence-electron chi connectivity index (χ1n) is 1.96. The third kappa shape index (κ3) is 9.69. The molecule has 0 aromatic heterocycles. The van der Waals surface area contributed by atoms with E-state index in [2.05, 4.69) is 20.7 Å². The summed E-state index contributed by atoms with van der Waals surface area (Å²) in [4.78, 5) is 9.96. The van der Waals surface area contributed by atoms with Gasteiger partial charge in [-0.25, -0.2) is 0 Å². The predicted molar refractivity (Wildman–Crippen MR) is 30.4 cm³/mol. The number of hydrogen-bond acceptors (Lipinski definition) is 2. The van der Waals surface area contributed by atoms with Crippen molar-refractivity contribution in [2.75, 3.05) is 11.9 Å². The van der Waals surface area contributed by atoms with Crippen molar-refractivity contribution in [2.45, 2.75) is 6.92 Å². The van der Waals surface area contributed by atoms with Crippen molar-refractivity contribution in [3.05, 3.63) is 0 Å². The summed E-state index contributed by atoms with van der Waals surface area (Å²) >= 11 is 3.10. The number of carbonyl (C=O) groups is 1. The van der Waals surface area contributed by atoms with Crippen molar-refractivity contribution in [3.8, 4) is 0 Å². The maximum absolute atomic E-state index is 9.96. The zero-order valence-corrected chi connectivity index (χ0v) is 6.94. The fraction of sp³-hybridized carbons (Fsp3) is 0.750. The molecule has 0 unspecified atom stereocenters. The summed E-state index contributed by atoms with van der Waals surface area (Å²) in [6.45, 7) is 1.86. The second kappa shape index (κ2) is 7.47. The minimum atomic E-state index is -0.223. The Labute approximate surface area is 67.6 Å². The van der Waals surface area contributed by atoms with Crippen LogP contribution in [0.5, 0.6) is 0 Å². The molecule has 0 N–H and O–H groups in total. The Balaban J connectivity index is 0. The molecule has 0 spiro atoms. The first-order chi connectivity index (χ1) is 3.27. The molecule has 4 heteroatoms. The van der Waals surface area contributed by atoms with Gasteiger partial charge in [-0.05, 0) is 0 Å². The third-order valence-corrected chi connectivity index (χ3v) is 0.706. The van der Waals surface area contributed by atoms with Gasteiger partial charge in [0.05, 0.1) is 0 Å². The van der Waals surface area contributed by atoms with Gasteiger partial charge >= 0.3 is 5.97 Å². The molecule has 53 valence electrons. The Bertz CT molecular complexity index is 67.1. The summed E-state index contributed by atoms with van der Waals surface area (Å²) in [7, 11) is 0. The van der Waals surface area contributed by atoms with E-state index >= 15 is 0 Å². The Kier molecular flexibility index (Phi) is 10.5. The van der Waals surface area contributed by atoms with Crippen molar-refractivity contribution in [1.82, 2.24) is 0 Å². The molecule has 0 saturated heterocycles. The van der Waals surface area contributed by atoms with Crippen LogP contribution in [0, 0.1) is 0 Å². The van der Waals surface area contributed by atoms with Crippen molar-refractivity contribution in [3.63, 3.8) is 0 Å². The van der Waals surface area contributed by atoms with Gasteiger partial charge in [-0.2, -0.15) is 0 Å². The molecule has 0 aliphatic carbocycles. The molecule has 0 aliphatic rings. The monoisotopic (exact) mass is 229 g/mol. The summed E-state index contributed by atoms with van der Waals surface area (Å²) in [5, 5.41) is 0.715. The van der Waals surface area contributed by atoms with Crippen molar-refractivity contribution in [1.29, 1.82) is 0 Å². The number of ether oxygens (including phenoxy) is 1. The van der Waals surface area contributed by atoms with Crippen molar-refractivity contribution in [2.24, 2.45) is 0 Å². The van der Waals surface area contributed by atoms with Gasteiger partial charge in [-0.15, -0.1) is 0 Å². The van der Waals surface area contributed by atoms with Gasteiger partial charge in [0.2, 0.25) is 0 Å². The minimum Gasteiger partial charge on any atom is -0.465 e. The molecular weight excluding hydrogens is 223 g/mol. The average Bonchev–Trinajstić information content (AvgIpc) is 1.61. The van der Waals surface area contributed by atoms with E-state index in [-0.39, 0.29) is 23.0 Å². The number of rotatable bonds is 2. The number of carbonyl (C=O) groups excluding carboxylic acids is 1. The van der Waals surface area contributed by atoms with E-state index in [1.54, 1.807) is 0 Å². The van der Waals surface area contributed by atoms with E-state index in [0.29, 0.717) is 11.9 Å². The quantitative estimate of drug-likeness (QED) is 0.401. The van der Waals surface area contributed by atoms with Crippen LogP contribution in [0.15, 0.2) is 0 Å². The normalized spacial score (nSPS) is 7.25. The Morgan fingerprint density at radius 2 is 2.25 bits per heavy atom. The average molecular weight is 231 g/mol. The second-order valence-corrected chi connectivity index (χ2v) is 1.82. The van der Waals surface area contributed by atoms with Gasteiger partial charge in [-0.1, -0.05) is 15.9 Å². The van der Waals surface area contributed by atoms with Crippen LogP contribution in [0.25, 0.3) is 0 Å². The predicted octanol–water partition coefficient (Wildman–Crippen LogP) is 0.942. The van der Waals surface area contributed by atoms with E-state index in [4.69, 9.17) is 0 Å². The topological polar surface area (TPSA) is 26.3 Å². The van der Waals surface area contributed by atoms with Crippen molar-refractivity contribution >= 4 is 21.9 Å². The van der Waals surface area contributed by atoms with E-state index in [1.807, 2.05) is 0 Å². The van der Waals surface area contributed by atoms with Crippen LogP contribution in [-0.2, 0) is 26.6 Å². The molecule has 0 amide bonds. The van der Waals surface area contributed by atoms with Gasteiger partial charge in [0.15, 0.2) is 0 Å². The molecule has 0 aromatic rings. The van der Waals surface area contributed by atoms with Gasteiger partial charge in [0.1, 0.15) is 6.61 Å². The maximum atomic E-state index is 9.96. The summed E-state index contributed by atoms with van der Waals surface area (Å²) in [6.07, 6.45) is 0. The fourth-order valence-corrected chi connectivity index (χ4v) is 0.344. The Morgan fingerprint density at radius 1 is 1.75 bits per heavy atom. The summed E-state index contributed by atoms with van der Waals surface area (Å²) in [5.41, 5.74) is 0. The van der Waals surface area contributed by atoms with Crippen LogP contribution in [0.4, 0.5) is 0 Å². The molecular formula is C4H7BrCuO2. The van der Waals surface area contributed by atoms with Crippen LogP contribution in [-0.4, -0.2) is 17.9 Å². The summed E-state index contributed by atoms with van der Waals surface area (Å²) in [5.74, 6) is -0.223. The first kappa shape index (κ1) is 11.3. The van der Waals surface area contributed by atoms with Crippen LogP contribution < -0.4 is 0 Å². The third-order valence-electron chi connectivity index (χ3n) is 0.382. The molecule has 0 rings (SSSR count). The number of esters is 1. The summed E-state index contributed by atoms with van der Waals surface area (Å²) < 4.78 is 4.51. The standard InChI is InChI=1S/C4H7BrO2.Cu/c1-4(6)7-3-2-5;/h2-3H2,1H3;. The number of hydrogen-bond donors (Lipinski definition) is 0. The zero-order valence-electron chi connectivity index (χ0n) is 4.41. The Hall–Kier alpha value is 0.469. The molecule has 0 fully saturated rings. The van der Waals surface area contributed by atoms with Gasteiger partial charge < -0.3 is 4.74 Å². The SMILES string of the molecule is CC(=O)OCCBr.[Cu]. The van der Waals surface area contributed by atoms with E-state index in [1.165, 1.54) is 6.92 Å². The molecule has 0 aromatic carbocycles. The zero-order chi connectivity index (χ0) is 5.70. The molecule has 2 nitrogen and oxygen atoms in total. The van der Waals surface area contributed by atoms with Gasteiger partial charge in [0.25, 0.3) is 0 Å². The first-order valence-corrected chi connectivity index (χ1v) is 3.09. The Morgan fingerprint density at radius 3 is 2.38 bits per heavy atom. The molecule has 8 heavy (non-hydrogen) atoms. The van der Waals surface area contributed by atoms with Crippen LogP contribution in [0.2, 0.25) is 0 Å². The second-order valence-electron chi connectivity index (χ2n) is 1.03. The molecule has 1 radical (unpaired) electrons. The minimum absolute atomic E-state index is 0. The molecule has 0 bridgehead atoms. The number of alkyl halides is 1. The van der Waals surface area contributed by atoms with Crippen molar-refractivity contribution < 1.29 is 26.6 Å². The van der Waals surface area contributed by atoms with Gasteiger partial charge in [-0.3, -0.25) is 4.79 Å². The molecule has 0 saturated carbocycles. The molecule has 0 heterocycles. The number of halogens is 1.